The van der Waals surface area contributed by atoms with Gasteiger partial charge in [0, 0.05) is 40.2 Å². The number of methoxy groups -OCH3 is 2. The summed E-state index contributed by atoms with van der Waals surface area (Å²) in [6, 6.07) is 8.14. The molecule has 0 spiro atoms. The molecular weight excluding hydrogens is 410 g/mol. The van der Waals surface area contributed by atoms with Gasteiger partial charge in [-0.1, -0.05) is 12.1 Å². The fourth-order valence-corrected chi connectivity index (χ4v) is 3.42. The minimum absolute atomic E-state index is 0.0485. The zero-order valence-electron chi connectivity index (χ0n) is 19.3. The van der Waals surface area contributed by atoms with E-state index in [1.54, 1.807) is 28.3 Å². The lowest BCUT2D eigenvalue weighted by molar-refractivity contribution is -0.127. The second-order valence-corrected chi connectivity index (χ2v) is 7.92. The maximum absolute atomic E-state index is 12.0. The van der Waals surface area contributed by atoms with E-state index in [4.69, 9.17) is 9.47 Å². The van der Waals surface area contributed by atoms with E-state index in [1.165, 1.54) is 10.5 Å². The lowest BCUT2D eigenvalue weighted by Crippen LogP contribution is -2.48. The summed E-state index contributed by atoms with van der Waals surface area (Å²) in [5.74, 6) is 3.09. The highest BCUT2D eigenvalue weighted by Gasteiger charge is 2.22. The van der Waals surface area contributed by atoms with Crippen molar-refractivity contribution in [1.82, 2.24) is 30.3 Å². The molecule has 1 aromatic carbocycles. The Kier molecular flexibility index (Phi) is 8.43. The molecule has 0 fully saturated rings. The highest BCUT2D eigenvalue weighted by Crippen LogP contribution is 2.14. The molecule has 10 nitrogen and oxygen atoms in total. The molecule has 1 amide bonds. The Labute approximate surface area is 189 Å². The summed E-state index contributed by atoms with van der Waals surface area (Å²) in [7, 11) is 6.76. The third-order valence-electron chi connectivity index (χ3n) is 5.25. The minimum Gasteiger partial charge on any atom is -0.497 e. The molecule has 1 aliphatic rings. The molecule has 1 unspecified atom stereocenters. The molecule has 2 aromatic rings. The van der Waals surface area contributed by atoms with Gasteiger partial charge in [-0.3, -0.25) is 4.79 Å². The van der Waals surface area contributed by atoms with Crippen molar-refractivity contribution in [2.24, 2.45) is 4.99 Å². The summed E-state index contributed by atoms with van der Waals surface area (Å²) >= 11 is 0. The average Bonchev–Trinajstić information content (AvgIpc) is 3.19. The van der Waals surface area contributed by atoms with Gasteiger partial charge in [0.1, 0.15) is 24.7 Å². The number of likely N-dealkylation sites (N-methyl/N-ethyl adjacent to an activating group) is 1. The van der Waals surface area contributed by atoms with Gasteiger partial charge in [0.15, 0.2) is 11.8 Å². The molecule has 10 heteroatoms. The number of aryl methyl sites for hydroxylation is 1. The van der Waals surface area contributed by atoms with Crippen LogP contribution in [0.5, 0.6) is 5.75 Å². The number of carbonyl (C=O) groups excluding carboxylic acids is 1. The summed E-state index contributed by atoms with van der Waals surface area (Å²) in [5, 5.41) is 11.3. The molecule has 0 bridgehead atoms. The highest BCUT2D eigenvalue weighted by atomic mass is 16.5. The number of nitrogens with one attached hydrogen (secondary N) is 2. The second-order valence-electron chi connectivity index (χ2n) is 7.92. The molecule has 3 rings (SSSR count). The van der Waals surface area contributed by atoms with E-state index in [0.717, 1.165) is 30.8 Å². The Morgan fingerprint density at radius 3 is 2.75 bits per heavy atom. The summed E-state index contributed by atoms with van der Waals surface area (Å²) in [5.41, 5.74) is 1.19. The van der Waals surface area contributed by atoms with Gasteiger partial charge in [-0.25, -0.2) is 14.7 Å². The lowest BCUT2D eigenvalue weighted by Gasteiger charge is -2.25. The Balaban J connectivity index is 1.60. The summed E-state index contributed by atoms with van der Waals surface area (Å²) in [6.07, 6.45) is 2.56. The largest absolute Gasteiger partial charge is 0.497 e. The van der Waals surface area contributed by atoms with E-state index in [0.29, 0.717) is 31.5 Å². The Hall–Kier alpha value is -3.14. The smallest absolute Gasteiger partial charge is 0.243 e. The van der Waals surface area contributed by atoms with E-state index in [2.05, 4.69) is 25.7 Å². The van der Waals surface area contributed by atoms with Crippen LogP contribution in [0.2, 0.25) is 0 Å². The fraction of sp³-hybridized carbons (Fsp3) is 0.545. The predicted molar refractivity (Wildman–Crippen MR) is 122 cm³/mol. The van der Waals surface area contributed by atoms with Crippen LogP contribution < -0.4 is 15.4 Å². The fourth-order valence-electron chi connectivity index (χ4n) is 3.42. The van der Waals surface area contributed by atoms with Crippen LogP contribution in [0.1, 0.15) is 23.6 Å². The first kappa shape index (κ1) is 23.5. The first-order valence-corrected chi connectivity index (χ1v) is 10.8. The molecule has 1 aromatic heterocycles. The van der Waals surface area contributed by atoms with Crippen LogP contribution in [0.25, 0.3) is 0 Å². The number of nitrogens with zero attached hydrogens (tertiary/aromatic N) is 5. The van der Waals surface area contributed by atoms with Crippen molar-refractivity contribution in [3.8, 4) is 5.75 Å². The number of guanidine groups is 1. The third-order valence-corrected chi connectivity index (χ3v) is 5.25. The maximum atomic E-state index is 12.0. The maximum Gasteiger partial charge on any atom is 0.243 e. The predicted octanol–water partition coefficient (Wildman–Crippen LogP) is 0.614. The van der Waals surface area contributed by atoms with Crippen LogP contribution in [0.15, 0.2) is 29.3 Å². The molecule has 2 heterocycles. The van der Waals surface area contributed by atoms with Crippen molar-refractivity contribution in [1.29, 1.82) is 0 Å². The molecule has 1 atom stereocenters. The van der Waals surface area contributed by atoms with E-state index >= 15 is 0 Å². The number of rotatable bonds is 9. The van der Waals surface area contributed by atoms with Gasteiger partial charge in [-0.05, 0) is 30.5 Å². The van der Waals surface area contributed by atoms with Crippen molar-refractivity contribution in [3.63, 3.8) is 0 Å². The monoisotopic (exact) mass is 443 g/mol. The summed E-state index contributed by atoms with van der Waals surface area (Å²) in [6.45, 7) is 1.87. The van der Waals surface area contributed by atoms with Crippen LogP contribution in [-0.2, 0) is 35.5 Å². The molecule has 0 saturated heterocycles. The topological polar surface area (TPSA) is 106 Å². The zero-order valence-corrected chi connectivity index (χ0v) is 19.3. The molecule has 2 N–H and O–H groups in total. The lowest BCUT2D eigenvalue weighted by atomic mass is 10.1. The number of benzene rings is 1. The first-order valence-electron chi connectivity index (χ1n) is 10.8. The Morgan fingerprint density at radius 2 is 2.06 bits per heavy atom. The molecule has 0 radical (unpaired) electrons. The number of aromatic nitrogens is 3. The minimum atomic E-state index is -0.0485. The molecule has 1 aliphatic heterocycles. The molecular formula is C22H33N7O3. The van der Waals surface area contributed by atoms with Crippen molar-refractivity contribution in [3.05, 3.63) is 41.5 Å². The van der Waals surface area contributed by atoms with Crippen LogP contribution in [0.3, 0.4) is 0 Å². The molecule has 0 saturated carbocycles. The van der Waals surface area contributed by atoms with Crippen molar-refractivity contribution in [2.45, 2.75) is 38.5 Å². The number of fused-ring (bicyclic) bond motifs is 1. The standard InChI is InChI=1S/C22H33N7O3/c1-28(2)21(30)13-24-22(23-12-11-16-5-8-18(32-4)9-6-16)25-17-7-10-20-26-19(15-31-3)27-29(20)14-17/h5-6,8-9,17H,7,10-15H2,1-4H3,(H2,23,24,25). The molecule has 32 heavy (non-hydrogen) atoms. The number of amides is 1. The van der Waals surface area contributed by atoms with Gasteiger partial charge in [-0.15, -0.1) is 0 Å². The number of hydrogen-bond donors (Lipinski definition) is 2. The van der Waals surface area contributed by atoms with Crippen LogP contribution >= 0.6 is 0 Å². The van der Waals surface area contributed by atoms with E-state index in [1.807, 2.05) is 28.9 Å². The van der Waals surface area contributed by atoms with Gasteiger partial charge in [0.2, 0.25) is 5.91 Å². The first-order chi connectivity index (χ1) is 15.5. The van der Waals surface area contributed by atoms with Crippen LogP contribution in [0, 0.1) is 0 Å². The third kappa shape index (κ3) is 6.68. The average molecular weight is 444 g/mol. The van der Waals surface area contributed by atoms with Gasteiger partial charge in [0.25, 0.3) is 0 Å². The zero-order chi connectivity index (χ0) is 22.9. The van der Waals surface area contributed by atoms with Crippen molar-refractivity contribution >= 4 is 11.9 Å². The molecule has 174 valence electrons. The number of aliphatic imine (C=N–C) groups is 1. The summed E-state index contributed by atoms with van der Waals surface area (Å²) < 4.78 is 12.3. The Morgan fingerprint density at radius 1 is 1.28 bits per heavy atom. The van der Waals surface area contributed by atoms with E-state index in [-0.39, 0.29) is 18.5 Å². The Bertz CT molecular complexity index is 909. The highest BCUT2D eigenvalue weighted by molar-refractivity contribution is 5.84. The summed E-state index contributed by atoms with van der Waals surface area (Å²) in [4.78, 5) is 22.6. The van der Waals surface area contributed by atoms with Gasteiger partial charge < -0.3 is 25.0 Å². The number of carbonyl (C=O) groups is 1. The normalized spacial score (nSPS) is 15.8. The van der Waals surface area contributed by atoms with Crippen molar-refractivity contribution in [2.75, 3.05) is 41.4 Å². The SMILES string of the molecule is COCc1nc2n(n1)CC(NC(=NCC(=O)N(C)C)NCCc1ccc(OC)cc1)CC2. The molecule has 0 aliphatic carbocycles. The van der Waals surface area contributed by atoms with Gasteiger partial charge in [0.05, 0.1) is 13.7 Å². The van der Waals surface area contributed by atoms with Crippen LogP contribution in [0.4, 0.5) is 0 Å². The van der Waals surface area contributed by atoms with Gasteiger partial charge >= 0.3 is 0 Å². The van der Waals surface area contributed by atoms with Crippen LogP contribution in [-0.4, -0.2) is 79.0 Å². The van der Waals surface area contributed by atoms with E-state index in [9.17, 15) is 4.79 Å². The van der Waals surface area contributed by atoms with Crippen molar-refractivity contribution < 1.29 is 14.3 Å². The number of ether oxygens (including phenoxy) is 2. The van der Waals surface area contributed by atoms with Gasteiger partial charge in [-0.2, -0.15) is 5.10 Å². The quantitative estimate of drug-likeness (QED) is 0.432. The van der Waals surface area contributed by atoms with E-state index < -0.39 is 0 Å². The second kappa shape index (κ2) is 11.5. The number of hydrogen-bond acceptors (Lipinski definition) is 6.